The fraction of sp³-hybridized carbons (Fsp3) is 0.688. The van der Waals surface area contributed by atoms with Crippen LogP contribution >= 0.6 is 11.6 Å². The second-order valence-electron chi connectivity index (χ2n) is 5.02. The Bertz CT molecular complexity index is 371. The van der Waals surface area contributed by atoms with Gasteiger partial charge in [-0.2, -0.15) is 0 Å². The molecule has 0 fully saturated rings. The van der Waals surface area contributed by atoms with E-state index in [1.807, 2.05) is 12.1 Å². The first-order chi connectivity index (χ1) is 9.77. The molecule has 3 nitrogen and oxygen atoms in total. The molecule has 0 aliphatic carbocycles. The molecule has 0 unspecified atom stereocenters. The van der Waals surface area contributed by atoms with Gasteiger partial charge in [0.2, 0.25) is 5.88 Å². The Kier molecular flexibility index (Phi) is 9.42. The fourth-order valence-corrected chi connectivity index (χ4v) is 2.11. The number of halogens is 1. The van der Waals surface area contributed by atoms with Crippen molar-refractivity contribution in [3.63, 3.8) is 0 Å². The third kappa shape index (κ3) is 7.11. The van der Waals surface area contributed by atoms with Crippen molar-refractivity contribution in [1.82, 2.24) is 10.3 Å². The van der Waals surface area contributed by atoms with Crippen LogP contribution in [-0.2, 0) is 6.54 Å². The van der Waals surface area contributed by atoms with Crippen LogP contribution in [0, 0.1) is 0 Å². The molecule has 20 heavy (non-hydrogen) atoms. The summed E-state index contributed by atoms with van der Waals surface area (Å²) < 4.78 is 5.69. The number of aromatic nitrogens is 1. The molecule has 0 amide bonds. The SMILES string of the molecule is CCCCCCCOc1ccc(Cl)c(CNCCC)n1. The predicted octanol–water partition coefficient (Wildman–Crippen LogP) is 4.58. The number of hydrogen-bond acceptors (Lipinski definition) is 3. The van der Waals surface area contributed by atoms with Gasteiger partial charge >= 0.3 is 0 Å². The maximum absolute atomic E-state index is 6.14. The van der Waals surface area contributed by atoms with E-state index in [9.17, 15) is 0 Å². The van der Waals surface area contributed by atoms with E-state index in [-0.39, 0.29) is 0 Å². The third-order valence-corrected chi connectivity index (χ3v) is 3.45. The predicted molar refractivity (Wildman–Crippen MR) is 85.5 cm³/mol. The summed E-state index contributed by atoms with van der Waals surface area (Å²) in [6, 6.07) is 3.71. The van der Waals surface area contributed by atoms with Crippen molar-refractivity contribution < 1.29 is 4.74 Å². The molecule has 0 bridgehead atoms. The zero-order valence-electron chi connectivity index (χ0n) is 12.8. The van der Waals surface area contributed by atoms with Crippen molar-refractivity contribution in [1.29, 1.82) is 0 Å². The molecule has 0 saturated carbocycles. The molecule has 1 aromatic rings. The summed E-state index contributed by atoms with van der Waals surface area (Å²) in [4.78, 5) is 4.46. The van der Waals surface area contributed by atoms with E-state index in [0.717, 1.165) is 31.7 Å². The number of hydrogen-bond donors (Lipinski definition) is 1. The summed E-state index contributed by atoms with van der Waals surface area (Å²) in [5, 5.41) is 4.01. The second-order valence-corrected chi connectivity index (χ2v) is 5.42. The smallest absolute Gasteiger partial charge is 0.213 e. The molecule has 1 aromatic heterocycles. The molecule has 1 rings (SSSR count). The molecule has 0 spiro atoms. The van der Waals surface area contributed by atoms with Crippen molar-refractivity contribution in [2.45, 2.75) is 58.9 Å². The normalized spacial score (nSPS) is 10.8. The van der Waals surface area contributed by atoms with Crippen LogP contribution in [0.1, 0.15) is 58.1 Å². The number of pyridine rings is 1. The standard InChI is InChI=1S/C16H27ClN2O/c1-3-5-6-7-8-12-20-16-10-9-14(17)15(19-16)13-18-11-4-2/h9-10,18H,3-8,11-13H2,1-2H3. The first-order valence-corrected chi connectivity index (χ1v) is 8.14. The number of ether oxygens (including phenoxy) is 1. The lowest BCUT2D eigenvalue weighted by Crippen LogP contribution is -2.15. The highest BCUT2D eigenvalue weighted by atomic mass is 35.5. The van der Waals surface area contributed by atoms with Gasteiger partial charge in [0.15, 0.2) is 0 Å². The quantitative estimate of drug-likeness (QED) is 0.607. The average Bonchev–Trinajstić information content (AvgIpc) is 2.46. The summed E-state index contributed by atoms with van der Waals surface area (Å²) >= 11 is 6.14. The molecule has 0 radical (unpaired) electrons. The Hall–Kier alpha value is -0.800. The van der Waals surface area contributed by atoms with Gasteiger partial charge in [-0.25, -0.2) is 4.98 Å². The third-order valence-electron chi connectivity index (χ3n) is 3.11. The fourth-order valence-electron chi connectivity index (χ4n) is 1.93. The van der Waals surface area contributed by atoms with Crippen LogP contribution in [0.3, 0.4) is 0 Å². The molecule has 114 valence electrons. The maximum atomic E-state index is 6.14. The molecule has 0 aliphatic rings. The summed E-state index contributed by atoms with van der Waals surface area (Å²) in [7, 11) is 0. The van der Waals surface area contributed by atoms with Gasteiger partial charge in [0.25, 0.3) is 0 Å². The van der Waals surface area contributed by atoms with Gasteiger partial charge in [0.05, 0.1) is 17.3 Å². The first-order valence-electron chi connectivity index (χ1n) is 7.76. The van der Waals surface area contributed by atoms with E-state index in [2.05, 4.69) is 24.1 Å². The van der Waals surface area contributed by atoms with E-state index >= 15 is 0 Å². The highest BCUT2D eigenvalue weighted by molar-refractivity contribution is 6.31. The molecule has 0 aliphatic heterocycles. The van der Waals surface area contributed by atoms with E-state index in [1.165, 1.54) is 25.7 Å². The molecule has 4 heteroatoms. The van der Waals surface area contributed by atoms with Crippen LogP contribution in [0.25, 0.3) is 0 Å². The van der Waals surface area contributed by atoms with E-state index in [4.69, 9.17) is 16.3 Å². The van der Waals surface area contributed by atoms with Crippen LogP contribution in [0.2, 0.25) is 5.02 Å². The summed E-state index contributed by atoms with van der Waals surface area (Å²) in [6.45, 7) is 6.77. The zero-order valence-corrected chi connectivity index (χ0v) is 13.5. The van der Waals surface area contributed by atoms with Gasteiger partial charge in [-0.3, -0.25) is 0 Å². The van der Waals surface area contributed by atoms with Crippen LogP contribution in [-0.4, -0.2) is 18.1 Å². The van der Waals surface area contributed by atoms with Crippen LogP contribution in [0.5, 0.6) is 5.88 Å². The van der Waals surface area contributed by atoms with Gasteiger partial charge in [-0.05, 0) is 25.5 Å². The molecule has 1 N–H and O–H groups in total. The Labute approximate surface area is 128 Å². The lowest BCUT2D eigenvalue weighted by Gasteiger charge is -2.09. The van der Waals surface area contributed by atoms with Gasteiger partial charge in [-0.1, -0.05) is 51.1 Å². The monoisotopic (exact) mass is 298 g/mol. The Morgan fingerprint density at radius 1 is 1.10 bits per heavy atom. The average molecular weight is 299 g/mol. The van der Waals surface area contributed by atoms with Crippen LogP contribution < -0.4 is 10.1 Å². The highest BCUT2D eigenvalue weighted by Crippen LogP contribution is 2.18. The number of nitrogens with one attached hydrogen (secondary N) is 1. The maximum Gasteiger partial charge on any atom is 0.213 e. The second kappa shape index (κ2) is 10.9. The van der Waals surface area contributed by atoms with Crippen LogP contribution in [0.4, 0.5) is 0 Å². The summed E-state index contributed by atoms with van der Waals surface area (Å²) in [5.41, 5.74) is 0.864. The Morgan fingerprint density at radius 3 is 2.65 bits per heavy atom. The van der Waals surface area contributed by atoms with E-state index in [0.29, 0.717) is 17.4 Å². The van der Waals surface area contributed by atoms with Crippen molar-refractivity contribution in [3.8, 4) is 5.88 Å². The van der Waals surface area contributed by atoms with Crippen LogP contribution in [0.15, 0.2) is 12.1 Å². The summed E-state index contributed by atoms with van der Waals surface area (Å²) in [6.07, 6.45) is 7.30. The molecular weight excluding hydrogens is 272 g/mol. The van der Waals surface area contributed by atoms with Crippen molar-refractivity contribution >= 4 is 11.6 Å². The van der Waals surface area contributed by atoms with Crippen molar-refractivity contribution in [2.75, 3.05) is 13.2 Å². The lowest BCUT2D eigenvalue weighted by atomic mass is 10.2. The topological polar surface area (TPSA) is 34.1 Å². The molecule has 1 heterocycles. The zero-order chi connectivity index (χ0) is 14.6. The number of rotatable bonds is 11. The van der Waals surface area contributed by atoms with Gasteiger partial charge in [0, 0.05) is 12.6 Å². The largest absolute Gasteiger partial charge is 0.478 e. The van der Waals surface area contributed by atoms with Crippen molar-refractivity contribution in [3.05, 3.63) is 22.8 Å². The molecule has 0 aromatic carbocycles. The molecule has 0 atom stereocenters. The van der Waals surface area contributed by atoms with Crippen molar-refractivity contribution in [2.24, 2.45) is 0 Å². The lowest BCUT2D eigenvalue weighted by molar-refractivity contribution is 0.292. The number of nitrogens with zero attached hydrogens (tertiary/aromatic N) is 1. The Morgan fingerprint density at radius 2 is 1.90 bits per heavy atom. The molecular formula is C16H27ClN2O. The highest BCUT2D eigenvalue weighted by Gasteiger charge is 2.04. The van der Waals surface area contributed by atoms with Gasteiger partial charge < -0.3 is 10.1 Å². The minimum absolute atomic E-state index is 0.679. The molecule has 0 saturated heterocycles. The minimum Gasteiger partial charge on any atom is -0.478 e. The Balaban J connectivity index is 2.32. The van der Waals surface area contributed by atoms with Gasteiger partial charge in [0.1, 0.15) is 0 Å². The van der Waals surface area contributed by atoms with E-state index < -0.39 is 0 Å². The number of unbranched alkanes of at least 4 members (excludes halogenated alkanes) is 4. The van der Waals surface area contributed by atoms with E-state index in [1.54, 1.807) is 0 Å². The first kappa shape index (κ1) is 17.3. The van der Waals surface area contributed by atoms with Gasteiger partial charge in [-0.15, -0.1) is 0 Å². The summed E-state index contributed by atoms with van der Waals surface area (Å²) in [5.74, 6) is 0.679. The minimum atomic E-state index is 0.679.